The van der Waals surface area contributed by atoms with Gasteiger partial charge in [-0.1, -0.05) is 202 Å². The van der Waals surface area contributed by atoms with Crippen LogP contribution in [0.15, 0.2) is 194 Å². The Hall–Kier alpha value is -6.50. The van der Waals surface area contributed by atoms with E-state index < -0.39 is 0 Å². The van der Waals surface area contributed by atoms with Crippen LogP contribution in [-0.2, 0) is 0 Å². The van der Waals surface area contributed by atoms with Crippen molar-refractivity contribution in [1.29, 1.82) is 0 Å². The molecule has 10 aromatic rings. The first-order chi connectivity index (χ1) is 24.9. The van der Waals surface area contributed by atoms with Crippen molar-refractivity contribution in [1.82, 2.24) is 0 Å². The van der Waals surface area contributed by atoms with E-state index >= 15 is 0 Å². The molecule has 51 heavy (non-hydrogen) atoms. The molecule has 10 rings (SSSR count). The van der Waals surface area contributed by atoms with E-state index in [1.165, 1.54) is 98.4 Å². The van der Waals surface area contributed by atoms with Gasteiger partial charge in [-0.3, -0.25) is 0 Å². The molecule has 0 spiro atoms. The smallest absolute Gasteiger partial charge is 0.000116 e. The summed E-state index contributed by atoms with van der Waals surface area (Å²) in [6.45, 7) is 0. The zero-order valence-corrected chi connectivity index (χ0v) is 27.5. The molecule has 0 aliphatic rings. The second-order valence-corrected chi connectivity index (χ2v) is 13.1. The summed E-state index contributed by atoms with van der Waals surface area (Å²) >= 11 is 0. The highest BCUT2D eigenvalue weighted by Gasteiger charge is 2.27. The van der Waals surface area contributed by atoms with Crippen LogP contribution >= 0.6 is 0 Å². The zero-order valence-electron chi connectivity index (χ0n) is 27.5. The summed E-state index contributed by atoms with van der Waals surface area (Å²) in [7, 11) is 0. The Morgan fingerprint density at radius 1 is 0.176 bits per heavy atom. The Bertz CT molecular complexity index is 2670. The molecule has 0 N–H and O–H groups in total. The van der Waals surface area contributed by atoms with Gasteiger partial charge in [0.1, 0.15) is 0 Å². The van der Waals surface area contributed by atoms with Crippen LogP contribution < -0.4 is 0 Å². The summed E-state index contributed by atoms with van der Waals surface area (Å²) in [5, 5.41) is 12.8. The van der Waals surface area contributed by atoms with E-state index in [2.05, 4.69) is 194 Å². The van der Waals surface area contributed by atoms with Crippen molar-refractivity contribution in [2.45, 2.75) is 7.43 Å². The van der Waals surface area contributed by atoms with Crippen LogP contribution in [0.5, 0.6) is 0 Å². The monoisotopic (exact) mass is 648 g/mol. The Balaban J connectivity index is 0.00000348. The van der Waals surface area contributed by atoms with Gasteiger partial charge in [-0.2, -0.15) is 0 Å². The summed E-state index contributed by atoms with van der Waals surface area (Å²) in [5.74, 6) is 0. The second-order valence-electron chi connectivity index (χ2n) is 13.1. The Labute approximate surface area is 298 Å². The molecule has 0 saturated carbocycles. The topological polar surface area (TPSA) is 0 Å². The molecule has 0 aliphatic carbocycles. The van der Waals surface area contributed by atoms with Crippen LogP contribution in [0.3, 0.4) is 0 Å². The van der Waals surface area contributed by atoms with Gasteiger partial charge in [0.2, 0.25) is 0 Å². The van der Waals surface area contributed by atoms with Crippen molar-refractivity contribution in [3.05, 3.63) is 194 Å². The second kappa shape index (κ2) is 12.4. The Kier molecular flexibility index (Phi) is 7.45. The fourth-order valence-electron chi connectivity index (χ4n) is 8.45. The van der Waals surface area contributed by atoms with E-state index in [0.29, 0.717) is 0 Å². The van der Waals surface area contributed by atoms with E-state index in [-0.39, 0.29) is 7.43 Å². The lowest BCUT2D eigenvalue weighted by atomic mass is 9.76. The molecular weight excluding hydrogens is 613 g/mol. The fourth-order valence-corrected chi connectivity index (χ4v) is 8.45. The van der Waals surface area contributed by atoms with E-state index in [4.69, 9.17) is 0 Å². The summed E-state index contributed by atoms with van der Waals surface area (Å²) < 4.78 is 0. The molecule has 0 saturated heterocycles. The maximum absolute atomic E-state index is 2.33. The van der Waals surface area contributed by atoms with Crippen molar-refractivity contribution in [3.8, 4) is 44.5 Å². The Morgan fingerprint density at radius 2 is 0.412 bits per heavy atom. The summed E-state index contributed by atoms with van der Waals surface area (Å²) in [6, 6.07) is 71.3. The van der Waals surface area contributed by atoms with Gasteiger partial charge in [-0.15, -0.1) is 0 Å². The summed E-state index contributed by atoms with van der Waals surface area (Å²) in [4.78, 5) is 0. The first kappa shape index (κ1) is 30.6. The van der Waals surface area contributed by atoms with E-state index in [0.717, 1.165) is 0 Å². The maximum Gasteiger partial charge on any atom is -0.000116 e. The van der Waals surface area contributed by atoms with Crippen molar-refractivity contribution in [2.75, 3.05) is 0 Å². The molecule has 0 atom stereocenters. The predicted octanol–water partition coefficient (Wildman–Crippen LogP) is 14.8. The molecule has 0 heteroatoms. The average molecular weight is 649 g/mol. The highest BCUT2D eigenvalue weighted by molar-refractivity contribution is 6.41. The molecule has 0 unspecified atom stereocenters. The van der Waals surface area contributed by atoms with Gasteiger partial charge in [-0.05, 0) is 98.4 Å². The molecular formula is C51H36. The molecule has 0 fully saturated rings. The predicted molar refractivity (Wildman–Crippen MR) is 222 cm³/mol. The maximum atomic E-state index is 2.33. The first-order valence-corrected chi connectivity index (χ1v) is 17.4. The number of rotatable bonds is 4. The van der Waals surface area contributed by atoms with Crippen molar-refractivity contribution >= 4 is 53.9 Å². The standard InChI is InChI=1S/C50H32.CH4/c1-5-19-33(20-6-1)43-41-31-17-18-32-42(41)44(34-21-7-2-8-22-34)50-46(36-25-11-4-12-26-36)48-40-30-16-14-28-38(40)37-27-13-15-29-39(37)47(48)45(49(43)50)35-23-9-3-10-24-35;/h1-32H;1H4. The first-order valence-electron chi connectivity index (χ1n) is 17.4. The highest BCUT2D eigenvalue weighted by atomic mass is 14.3. The van der Waals surface area contributed by atoms with Gasteiger partial charge in [-0.25, -0.2) is 0 Å². The van der Waals surface area contributed by atoms with Crippen LogP contribution in [0.25, 0.3) is 98.4 Å². The normalized spacial score (nSPS) is 11.4. The Morgan fingerprint density at radius 3 is 0.725 bits per heavy atom. The third kappa shape index (κ3) is 4.68. The number of hydrogen-bond acceptors (Lipinski definition) is 0. The minimum absolute atomic E-state index is 0. The third-order valence-electron chi connectivity index (χ3n) is 10.4. The summed E-state index contributed by atoms with van der Waals surface area (Å²) in [6.07, 6.45) is 0. The van der Waals surface area contributed by atoms with Gasteiger partial charge in [0, 0.05) is 0 Å². The van der Waals surface area contributed by atoms with Crippen molar-refractivity contribution in [2.24, 2.45) is 0 Å². The molecule has 240 valence electrons. The van der Waals surface area contributed by atoms with Crippen LogP contribution in [-0.4, -0.2) is 0 Å². The molecule has 0 aliphatic heterocycles. The lowest BCUT2D eigenvalue weighted by molar-refractivity contribution is 1.64. The number of fused-ring (bicyclic) bond motifs is 8. The number of benzene rings is 10. The van der Waals surface area contributed by atoms with Gasteiger partial charge < -0.3 is 0 Å². The molecule has 0 nitrogen and oxygen atoms in total. The van der Waals surface area contributed by atoms with Crippen LogP contribution in [0.4, 0.5) is 0 Å². The van der Waals surface area contributed by atoms with Crippen molar-refractivity contribution < 1.29 is 0 Å². The van der Waals surface area contributed by atoms with Gasteiger partial charge in [0.15, 0.2) is 0 Å². The third-order valence-corrected chi connectivity index (χ3v) is 10.4. The minimum Gasteiger partial charge on any atom is -0.0776 e. The lowest BCUT2D eigenvalue weighted by Gasteiger charge is -2.27. The fraction of sp³-hybridized carbons (Fsp3) is 0.0196. The molecule has 0 amide bonds. The molecule has 0 radical (unpaired) electrons. The highest BCUT2D eigenvalue weighted by Crippen LogP contribution is 2.56. The quantitative estimate of drug-likeness (QED) is 0.132. The molecule has 10 aromatic carbocycles. The minimum atomic E-state index is 0. The van der Waals surface area contributed by atoms with Crippen LogP contribution in [0, 0.1) is 0 Å². The van der Waals surface area contributed by atoms with E-state index in [1.807, 2.05) is 0 Å². The molecule has 0 bridgehead atoms. The molecule has 0 aromatic heterocycles. The van der Waals surface area contributed by atoms with Gasteiger partial charge in [0.05, 0.1) is 0 Å². The van der Waals surface area contributed by atoms with Gasteiger partial charge in [0.25, 0.3) is 0 Å². The number of hydrogen-bond donors (Lipinski definition) is 0. The zero-order chi connectivity index (χ0) is 33.0. The van der Waals surface area contributed by atoms with Crippen LogP contribution in [0.2, 0.25) is 0 Å². The summed E-state index contributed by atoms with van der Waals surface area (Å²) in [5.41, 5.74) is 9.96. The van der Waals surface area contributed by atoms with Gasteiger partial charge >= 0.3 is 0 Å². The van der Waals surface area contributed by atoms with Crippen LogP contribution in [0.1, 0.15) is 7.43 Å². The lowest BCUT2D eigenvalue weighted by Crippen LogP contribution is -1.99. The molecule has 0 heterocycles. The van der Waals surface area contributed by atoms with E-state index in [1.54, 1.807) is 0 Å². The largest absolute Gasteiger partial charge is 0.0776 e. The SMILES string of the molecule is C.c1ccc(-c2c3ccccc3c(-c3ccccc3)c3c(-c4ccccc4)c4c5ccccc5c5ccccc5c4c(-c4ccccc4)c23)cc1. The van der Waals surface area contributed by atoms with E-state index in [9.17, 15) is 0 Å². The average Bonchev–Trinajstić information content (AvgIpc) is 3.20. The van der Waals surface area contributed by atoms with Crippen molar-refractivity contribution in [3.63, 3.8) is 0 Å².